The molecule has 4 N–H and O–H groups in total. The molecule has 3 aromatic heterocycles. The van der Waals surface area contributed by atoms with Gasteiger partial charge in [-0.3, -0.25) is 4.79 Å². The van der Waals surface area contributed by atoms with Gasteiger partial charge in [0.15, 0.2) is 17.5 Å². The van der Waals surface area contributed by atoms with Crippen molar-refractivity contribution >= 4 is 22.8 Å². The Morgan fingerprint density at radius 1 is 1.37 bits per heavy atom. The largest absolute Gasteiger partial charge is 0.481 e. The molecular weight excluding hydrogens is 396 g/mol. The second-order valence-electron chi connectivity index (χ2n) is 7.74. The average molecular weight is 417 g/mol. The van der Waals surface area contributed by atoms with E-state index in [1.807, 2.05) is 0 Å². The number of carboxylic acids is 1. The smallest absolute Gasteiger partial charge is 0.309 e. The molecule has 3 atom stereocenters. The van der Waals surface area contributed by atoms with E-state index in [9.17, 15) is 23.8 Å². The number of nitrogens with zero attached hydrogens (tertiary/aromatic N) is 3. The SMILES string of the molecule is CC(C(=O)O)[C@]1(O)CCCC(Nc2nc(-c3c[nH]c4ncc(F)cc34)ncc2F)C1. The standard InChI is InChI=1S/C20H21F2N5O3/c1-10(19(28)29)20(30)4-2-3-12(6-20)26-18-15(22)9-25-17(27-18)14-8-24-16-13(14)5-11(21)7-23-16/h5,7-10,12,30H,2-4,6H2,1H3,(H,23,24)(H,28,29)(H,25,26,27)/t10?,12?,20-/m0/s1. The Hall–Kier alpha value is -3.14. The van der Waals surface area contributed by atoms with Crippen molar-refractivity contribution in [2.75, 3.05) is 5.32 Å². The number of halogens is 2. The minimum atomic E-state index is -1.38. The fourth-order valence-corrected chi connectivity index (χ4v) is 3.99. The number of nitrogens with one attached hydrogen (secondary N) is 2. The van der Waals surface area contributed by atoms with E-state index in [-0.39, 0.29) is 24.1 Å². The van der Waals surface area contributed by atoms with Crippen molar-refractivity contribution < 1.29 is 23.8 Å². The maximum absolute atomic E-state index is 14.4. The van der Waals surface area contributed by atoms with Gasteiger partial charge >= 0.3 is 5.97 Å². The van der Waals surface area contributed by atoms with Crippen molar-refractivity contribution in [2.45, 2.75) is 44.2 Å². The molecule has 0 saturated heterocycles. The summed E-state index contributed by atoms with van der Waals surface area (Å²) in [6.45, 7) is 1.47. The lowest BCUT2D eigenvalue weighted by atomic mass is 9.74. The van der Waals surface area contributed by atoms with Gasteiger partial charge in [0, 0.05) is 23.2 Å². The Kier molecular flexibility index (Phi) is 5.10. The average Bonchev–Trinajstić information content (AvgIpc) is 3.12. The third-order valence-corrected chi connectivity index (χ3v) is 5.76. The number of hydrogen-bond donors (Lipinski definition) is 4. The van der Waals surface area contributed by atoms with Gasteiger partial charge in [-0.05, 0) is 38.7 Å². The molecule has 10 heteroatoms. The van der Waals surface area contributed by atoms with Gasteiger partial charge in [-0.25, -0.2) is 23.7 Å². The second-order valence-corrected chi connectivity index (χ2v) is 7.74. The Morgan fingerprint density at radius 2 is 2.17 bits per heavy atom. The summed E-state index contributed by atoms with van der Waals surface area (Å²) in [6, 6.07) is 0.938. The maximum atomic E-state index is 14.4. The molecular formula is C20H21F2N5O3. The number of aromatic amines is 1. The van der Waals surface area contributed by atoms with Crippen LogP contribution in [0.4, 0.5) is 14.6 Å². The number of aliphatic hydroxyl groups is 1. The van der Waals surface area contributed by atoms with Crippen molar-refractivity contribution in [2.24, 2.45) is 5.92 Å². The minimum Gasteiger partial charge on any atom is -0.481 e. The van der Waals surface area contributed by atoms with Crippen LogP contribution in [-0.4, -0.2) is 47.8 Å². The molecule has 1 aliphatic rings. The molecule has 0 radical (unpaired) electrons. The van der Waals surface area contributed by atoms with Gasteiger partial charge in [-0.1, -0.05) is 0 Å². The van der Waals surface area contributed by atoms with E-state index in [0.717, 1.165) is 12.4 Å². The summed E-state index contributed by atoms with van der Waals surface area (Å²) < 4.78 is 28.0. The number of rotatable bonds is 5. The van der Waals surface area contributed by atoms with Crippen molar-refractivity contribution in [1.82, 2.24) is 19.9 Å². The first kappa shape index (κ1) is 20.1. The van der Waals surface area contributed by atoms with E-state index in [1.54, 1.807) is 6.20 Å². The van der Waals surface area contributed by atoms with E-state index < -0.39 is 29.1 Å². The Balaban J connectivity index is 1.61. The minimum absolute atomic E-state index is 0.0593. The quantitative estimate of drug-likeness (QED) is 0.503. The van der Waals surface area contributed by atoms with Gasteiger partial charge in [0.05, 0.1) is 23.9 Å². The highest BCUT2D eigenvalue weighted by Crippen LogP contribution is 2.36. The van der Waals surface area contributed by atoms with Gasteiger partial charge in [0.1, 0.15) is 11.5 Å². The molecule has 3 heterocycles. The topological polar surface area (TPSA) is 124 Å². The summed E-state index contributed by atoms with van der Waals surface area (Å²) in [5.74, 6) is -3.09. The van der Waals surface area contributed by atoms with Gasteiger partial charge in [-0.15, -0.1) is 0 Å². The highest BCUT2D eigenvalue weighted by molar-refractivity contribution is 5.91. The first-order valence-corrected chi connectivity index (χ1v) is 9.64. The zero-order valence-electron chi connectivity index (χ0n) is 16.2. The summed E-state index contributed by atoms with van der Waals surface area (Å²) in [7, 11) is 0. The maximum Gasteiger partial charge on any atom is 0.309 e. The van der Waals surface area contributed by atoms with Gasteiger partial charge in [0.2, 0.25) is 0 Å². The molecule has 0 amide bonds. The summed E-state index contributed by atoms with van der Waals surface area (Å²) in [5, 5.41) is 23.5. The molecule has 1 aliphatic carbocycles. The van der Waals surface area contributed by atoms with Crippen LogP contribution in [0.25, 0.3) is 22.4 Å². The molecule has 0 spiro atoms. The number of carbonyl (C=O) groups is 1. The van der Waals surface area contributed by atoms with Gasteiger partial charge < -0.3 is 20.5 Å². The summed E-state index contributed by atoms with van der Waals surface area (Å²) in [5.41, 5.74) is -0.456. The number of anilines is 1. The molecule has 2 unspecified atom stereocenters. The molecule has 8 nitrogen and oxygen atoms in total. The summed E-state index contributed by atoms with van der Waals surface area (Å²) in [4.78, 5) is 26.5. The van der Waals surface area contributed by atoms with Crippen LogP contribution in [0.2, 0.25) is 0 Å². The number of aliphatic carboxylic acids is 1. The van der Waals surface area contributed by atoms with E-state index in [0.29, 0.717) is 35.9 Å². The highest BCUT2D eigenvalue weighted by Gasteiger charge is 2.42. The number of pyridine rings is 1. The predicted octanol–water partition coefficient (Wildman–Crippen LogP) is 3.10. The third kappa shape index (κ3) is 3.70. The fraction of sp³-hybridized carbons (Fsp3) is 0.400. The zero-order chi connectivity index (χ0) is 21.5. The molecule has 1 fully saturated rings. The first-order valence-electron chi connectivity index (χ1n) is 9.64. The number of fused-ring (bicyclic) bond motifs is 1. The fourth-order valence-electron chi connectivity index (χ4n) is 3.99. The summed E-state index contributed by atoms with van der Waals surface area (Å²) >= 11 is 0. The first-order chi connectivity index (χ1) is 14.3. The van der Waals surface area contributed by atoms with Crippen LogP contribution in [0.1, 0.15) is 32.6 Å². The Morgan fingerprint density at radius 3 is 2.93 bits per heavy atom. The summed E-state index contributed by atoms with van der Waals surface area (Å²) in [6.07, 6.45) is 5.43. The molecule has 3 aromatic rings. The van der Waals surface area contributed by atoms with E-state index >= 15 is 0 Å². The Labute approximate surface area is 170 Å². The molecule has 1 saturated carbocycles. The monoisotopic (exact) mass is 417 g/mol. The van der Waals surface area contributed by atoms with Crippen LogP contribution in [0, 0.1) is 17.6 Å². The molecule has 0 aromatic carbocycles. The van der Waals surface area contributed by atoms with Crippen LogP contribution < -0.4 is 5.32 Å². The zero-order valence-corrected chi connectivity index (χ0v) is 16.2. The van der Waals surface area contributed by atoms with Crippen LogP contribution in [0.15, 0.2) is 24.7 Å². The van der Waals surface area contributed by atoms with E-state index in [4.69, 9.17) is 0 Å². The van der Waals surface area contributed by atoms with Crippen molar-refractivity contribution in [1.29, 1.82) is 0 Å². The lowest BCUT2D eigenvalue weighted by molar-refractivity contribution is -0.153. The van der Waals surface area contributed by atoms with Crippen molar-refractivity contribution in [3.8, 4) is 11.4 Å². The number of carboxylic acid groups (broad SMARTS) is 1. The van der Waals surface area contributed by atoms with Crippen LogP contribution >= 0.6 is 0 Å². The molecule has 30 heavy (non-hydrogen) atoms. The molecule has 0 aliphatic heterocycles. The third-order valence-electron chi connectivity index (χ3n) is 5.76. The highest BCUT2D eigenvalue weighted by atomic mass is 19.1. The number of hydrogen-bond acceptors (Lipinski definition) is 6. The van der Waals surface area contributed by atoms with Crippen molar-refractivity contribution in [3.63, 3.8) is 0 Å². The van der Waals surface area contributed by atoms with E-state index in [1.165, 1.54) is 13.0 Å². The number of H-pyrrole nitrogens is 1. The Bertz CT molecular complexity index is 1110. The van der Waals surface area contributed by atoms with Gasteiger partial charge in [-0.2, -0.15) is 0 Å². The lowest BCUT2D eigenvalue weighted by Gasteiger charge is -2.39. The molecule has 4 rings (SSSR count). The van der Waals surface area contributed by atoms with Crippen molar-refractivity contribution in [3.05, 3.63) is 36.3 Å². The second kappa shape index (κ2) is 7.60. The van der Waals surface area contributed by atoms with E-state index in [2.05, 4.69) is 25.3 Å². The number of aromatic nitrogens is 4. The predicted molar refractivity (Wildman–Crippen MR) is 105 cm³/mol. The van der Waals surface area contributed by atoms with Crippen LogP contribution in [0.3, 0.4) is 0 Å². The van der Waals surface area contributed by atoms with Crippen LogP contribution in [-0.2, 0) is 4.79 Å². The normalized spacial score (nSPS) is 22.7. The molecule has 0 bridgehead atoms. The van der Waals surface area contributed by atoms with Crippen LogP contribution in [0.5, 0.6) is 0 Å². The lowest BCUT2D eigenvalue weighted by Crippen LogP contribution is -2.47. The van der Waals surface area contributed by atoms with Gasteiger partial charge in [0.25, 0.3) is 0 Å². The molecule has 158 valence electrons.